The summed E-state index contributed by atoms with van der Waals surface area (Å²) >= 11 is 0. The molecular formula is C21H22O7. The van der Waals surface area contributed by atoms with Crippen molar-refractivity contribution in [2.24, 2.45) is 0 Å². The molecule has 0 atom stereocenters. The fourth-order valence-corrected chi connectivity index (χ4v) is 2.69. The van der Waals surface area contributed by atoms with E-state index in [1.807, 2.05) is 30.3 Å². The van der Waals surface area contributed by atoms with Crippen molar-refractivity contribution >= 4 is 17.5 Å². The fourth-order valence-electron chi connectivity index (χ4n) is 2.69. The van der Waals surface area contributed by atoms with Crippen LogP contribution in [0.15, 0.2) is 42.5 Å². The summed E-state index contributed by atoms with van der Waals surface area (Å²) in [5.74, 6) is -2.93. The monoisotopic (exact) mass is 386 g/mol. The summed E-state index contributed by atoms with van der Waals surface area (Å²) in [5, 5.41) is 8.76. The average molecular weight is 386 g/mol. The van der Waals surface area contributed by atoms with E-state index in [1.165, 1.54) is 20.3 Å². The molecule has 0 unspecified atom stereocenters. The smallest absolute Gasteiger partial charge is 0.372 e. The van der Waals surface area contributed by atoms with Gasteiger partial charge in [-0.15, -0.1) is 0 Å². The zero-order valence-corrected chi connectivity index (χ0v) is 15.8. The van der Waals surface area contributed by atoms with Crippen LogP contribution < -0.4 is 9.47 Å². The molecule has 148 valence electrons. The van der Waals surface area contributed by atoms with Crippen molar-refractivity contribution in [1.82, 2.24) is 0 Å². The van der Waals surface area contributed by atoms with Gasteiger partial charge in [-0.3, -0.25) is 9.59 Å². The molecule has 0 aliphatic carbocycles. The molecule has 2 rings (SSSR count). The number of carbonyl (C=O) groups excluding carboxylic acids is 2. The minimum Gasteiger partial charge on any atom is -0.493 e. The number of Topliss-reactive ketones (excluding diaryl/α,β-unsaturated/α-hetero) is 2. The van der Waals surface area contributed by atoms with E-state index in [0.29, 0.717) is 12.2 Å². The van der Waals surface area contributed by atoms with Crippen LogP contribution in [0.5, 0.6) is 11.5 Å². The molecule has 0 saturated carbocycles. The van der Waals surface area contributed by atoms with Crippen LogP contribution >= 0.6 is 0 Å². The van der Waals surface area contributed by atoms with Crippen LogP contribution in [0.2, 0.25) is 0 Å². The second kappa shape index (κ2) is 10.2. The zero-order valence-electron chi connectivity index (χ0n) is 15.8. The molecule has 7 heteroatoms. The summed E-state index contributed by atoms with van der Waals surface area (Å²) in [7, 11) is 2.98. The first-order chi connectivity index (χ1) is 13.5. The SMILES string of the molecule is COCCOc1c(C(=O)CC(=O)C(=O)O)ccc(Cc2ccccc2)c1OC. The highest BCUT2D eigenvalue weighted by Crippen LogP contribution is 2.37. The molecule has 0 aliphatic heterocycles. The van der Waals surface area contributed by atoms with Gasteiger partial charge in [-0.05, 0) is 11.6 Å². The molecular weight excluding hydrogens is 364 g/mol. The number of ether oxygens (including phenoxy) is 3. The number of hydrogen-bond acceptors (Lipinski definition) is 6. The molecule has 2 aromatic rings. The Morgan fingerprint density at radius 2 is 1.64 bits per heavy atom. The van der Waals surface area contributed by atoms with Crippen LogP contribution in [-0.4, -0.2) is 50.1 Å². The standard InChI is InChI=1S/C21H22O7/c1-26-10-11-28-20-16(17(22)13-18(23)21(24)25)9-8-15(19(20)27-2)12-14-6-4-3-5-7-14/h3-9H,10-13H2,1-2H3,(H,24,25). The van der Waals surface area contributed by atoms with Gasteiger partial charge in [-0.2, -0.15) is 0 Å². The Balaban J connectivity index is 2.42. The number of rotatable bonds is 11. The van der Waals surface area contributed by atoms with Crippen LogP contribution in [0, 0.1) is 0 Å². The van der Waals surface area contributed by atoms with Crippen molar-refractivity contribution in [2.45, 2.75) is 12.8 Å². The van der Waals surface area contributed by atoms with Crippen molar-refractivity contribution < 1.29 is 33.7 Å². The normalized spacial score (nSPS) is 10.4. The lowest BCUT2D eigenvalue weighted by atomic mass is 9.98. The lowest BCUT2D eigenvalue weighted by Gasteiger charge is -2.18. The van der Waals surface area contributed by atoms with Crippen molar-refractivity contribution in [2.75, 3.05) is 27.4 Å². The molecule has 0 aromatic heterocycles. The van der Waals surface area contributed by atoms with Crippen LogP contribution in [0.25, 0.3) is 0 Å². The molecule has 1 N–H and O–H groups in total. The van der Waals surface area contributed by atoms with Crippen molar-refractivity contribution in [3.05, 3.63) is 59.2 Å². The lowest BCUT2D eigenvalue weighted by molar-refractivity contribution is -0.148. The van der Waals surface area contributed by atoms with Gasteiger partial charge in [0.1, 0.15) is 6.61 Å². The summed E-state index contributed by atoms with van der Waals surface area (Å²) in [6, 6.07) is 12.9. The summed E-state index contributed by atoms with van der Waals surface area (Å²) in [6.45, 7) is 0.447. The van der Waals surface area contributed by atoms with E-state index in [2.05, 4.69) is 0 Å². The molecule has 0 heterocycles. The van der Waals surface area contributed by atoms with E-state index in [4.69, 9.17) is 19.3 Å². The summed E-state index contributed by atoms with van der Waals surface area (Å²) in [5.41, 5.74) is 1.94. The summed E-state index contributed by atoms with van der Waals surface area (Å²) in [6.07, 6.45) is -0.204. The molecule has 0 saturated heterocycles. The van der Waals surface area contributed by atoms with Gasteiger partial charge in [-0.25, -0.2) is 4.79 Å². The Morgan fingerprint density at radius 3 is 2.25 bits per heavy atom. The Kier molecular flexibility index (Phi) is 7.71. The van der Waals surface area contributed by atoms with Gasteiger partial charge in [0.2, 0.25) is 5.78 Å². The fraction of sp³-hybridized carbons (Fsp3) is 0.286. The van der Waals surface area contributed by atoms with Gasteiger partial charge in [-0.1, -0.05) is 36.4 Å². The number of hydrogen-bond donors (Lipinski definition) is 1. The second-order valence-electron chi connectivity index (χ2n) is 5.97. The van der Waals surface area contributed by atoms with Crippen LogP contribution in [0.3, 0.4) is 0 Å². The van der Waals surface area contributed by atoms with Crippen molar-refractivity contribution in [3.8, 4) is 11.5 Å². The number of aliphatic carboxylic acids is 1. The summed E-state index contributed by atoms with van der Waals surface area (Å²) in [4.78, 5) is 34.7. The Bertz CT molecular complexity index is 843. The van der Waals surface area contributed by atoms with Crippen LogP contribution in [-0.2, 0) is 20.7 Å². The highest BCUT2D eigenvalue weighted by Gasteiger charge is 2.24. The number of benzene rings is 2. The van der Waals surface area contributed by atoms with Gasteiger partial charge in [0.05, 0.1) is 25.7 Å². The third-order valence-electron chi connectivity index (χ3n) is 4.03. The molecule has 7 nitrogen and oxygen atoms in total. The zero-order chi connectivity index (χ0) is 20.5. The number of ketones is 2. The first kappa shape index (κ1) is 21.1. The third kappa shape index (κ3) is 5.40. The molecule has 0 fully saturated rings. The number of methoxy groups -OCH3 is 2. The first-order valence-electron chi connectivity index (χ1n) is 8.62. The molecule has 0 bridgehead atoms. The van der Waals surface area contributed by atoms with Gasteiger partial charge < -0.3 is 19.3 Å². The molecule has 0 spiro atoms. The second-order valence-corrected chi connectivity index (χ2v) is 5.97. The molecule has 28 heavy (non-hydrogen) atoms. The molecule has 0 amide bonds. The van der Waals surface area contributed by atoms with Gasteiger partial charge in [0.25, 0.3) is 0 Å². The Morgan fingerprint density at radius 1 is 0.929 bits per heavy atom. The average Bonchev–Trinajstić information content (AvgIpc) is 2.69. The number of carboxylic acid groups (broad SMARTS) is 1. The van der Waals surface area contributed by atoms with Crippen LogP contribution in [0.4, 0.5) is 0 Å². The van der Waals surface area contributed by atoms with Gasteiger partial charge in [0, 0.05) is 19.1 Å². The van der Waals surface area contributed by atoms with Crippen molar-refractivity contribution in [3.63, 3.8) is 0 Å². The van der Waals surface area contributed by atoms with E-state index >= 15 is 0 Å². The van der Waals surface area contributed by atoms with Crippen LogP contribution in [0.1, 0.15) is 27.9 Å². The van der Waals surface area contributed by atoms with E-state index in [1.54, 1.807) is 6.07 Å². The predicted molar refractivity (Wildman–Crippen MR) is 101 cm³/mol. The highest BCUT2D eigenvalue weighted by atomic mass is 16.5. The Hall–Kier alpha value is -3.19. The van der Waals surface area contributed by atoms with E-state index < -0.39 is 24.0 Å². The molecule has 2 aromatic carbocycles. The first-order valence-corrected chi connectivity index (χ1v) is 8.62. The minimum atomic E-state index is -1.65. The largest absolute Gasteiger partial charge is 0.493 e. The summed E-state index contributed by atoms with van der Waals surface area (Å²) < 4.78 is 16.2. The minimum absolute atomic E-state index is 0.0966. The maximum absolute atomic E-state index is 12.5. The third-order valence-corrected chi connectivity index (χ3v) is 4.03. The quantitative estimate of drug-likeness (QED) is 0.274. The Labute approximate surface area is 162 Å². The predicted octanol–water partition coefficient (Wildman–Crippen LogP) is 2.54. The van der Waals surface area contributed by atoms with Crippen molar-refractivity contribution in [1.29, 1.82) is 0 Å². The maximum Gasteiger partial charge on any atom is 0.372 e. The topological polar surface area (TPSA) is 99.1 Å². The molecule has 0 radical (unpaired) electrons. The maximum atomic E-state index is 12.5. The molecule has 0 aliphatic rings. The number of carbonyl (C=O) groups is 3. The van der Waals surface area contributed by atoms with Gasteiger partial charge >= 0.3 is 5.97 Å². The number of carboxylic acids is 1. The highest BCUT2D eigenvalue weighted by molar-refractivity contribution is 6.37. The van der Waals surface area contributed by atoms with Gasteiger partial charge in [0.15, 0.2) is 17.3 Å². The van der Waals surface area contributed by atoms with E-state index in [9.17, 15) is 14.4 Å². The van der Waals surface area contributed by atoms with E-state index in [-0.39, 0.29) is 24.5 Å². The lowest BCUT2D eigenvalue weighted by Crippen LogP contribution is -2.18. The van der Waals surface area contributed by atoms with E-state index in [0.717, 1.165) is 11.1 Å².